The molecule has 1 aromatic carbocycles. The summed E-state index contributed by atoms with van der Waals surface area (Å²) >= 11 is 3.51. The van der Waals surface area contributed by atoms with Crippen LogP contribution in [0.2, 0.25) is 0 Å². The highest BCUT2D eigenvalue weighted by Gasteiger charge is 2.35. The second-order valence-corrected chi connectivity index (χ2v) is 6.87. The minimum atomic E-state index is -0.00384. The number of amides is 1. The quantitative estimate of drug-likeness (QED) is 0.657. The van der Waals surface area contributed by atoms with Crippen molar-refractivity contribution in [1.29, 1.82) is 0 Å². The third kappa shape index (κ3) is 3.88. The molecule has 2 unspecified atom stereocenters. The van der Waals surface area contributed by atoms with Gasteiger partial charge in [-0.05, 0) is 30.7 Å². The van der Waals surface area contributed by atoms with Gasteiger partial charge in [-0.1, -0.05) is 66.5 Å². The van der Waals surface area contributed by atoms with E-state index < -0.39 is 0 Å². The fourth-order valence-corrected chi connectivity index (χ4v) is 3.43. The van der Waals surface area contributed by atoms with Crippen LogP contribution in [0.25, 0.3) is 0 Å². The zero-order valence-corrected chi connectivity index (χ0v) is 14.7. The summed E-state index contributed by atoms with van der Waals surface area (Å²) in [5.41, 5.74) is 1.16. The molecule has 0 saturated heterocycles. The monoisotopic (exact) mass is 351 g/mol. The number of halogens is 1. The van der Waals surface area contributed by atoms with Gasteiger partial charge in [0.15, 0.2) is 0 Å². The normalized spacial score (nSPS) is 17.9. The molecule has 3 heteroatoms. The predicted molar refractivity (Wildman–Crippen MR) is 91.8 cm³/mol. The molecular formula is C18H26BrNO. The summed E-state index contributed by atoms with van der Waals surface area (Å²) in [5.74, 6) is 0.688. The third-order valence-electron chi connectivity index (χ3n) is 4.76. The molecular weight excluding hydrogens is 326 g/mol. The second-order valence-electron chi connectivity index (χ2n) is 6.08. The minimum Gasteiger partial charge on any atom is -0.338 e. The molecule has 0 bridgehead atoms. The van der Waals surface area contributed by atoms with Crippen molar-refractivity contribution >= 4 is 21.8 Å². The Morgan fingerprint density at radius 3 is 2.48 bits per heavy atom. The molecule has 2 rings (SSSR count). The van der Waals surface area contributed by atoms with Gasteiger partial charge < -0.3 is 4.90 Å². The van der Waals surface area contributed by atoms with Crippen molar-refractivity contribution in [3.8, 4) is 0 Å². The lowest BCUT2D eigenvalue weighted by Crippen LogP contribution is -2.48. The number of nitrogens with zero attached hydrogens (tertiary/aromatic N) is 1. The number of carbonyl (C=O) groups excluding carboxylic acids is 1. The van der Waals surface area contributed by atoms with Gasteiger partial charge in [-0.15, -0.1) is 0 Å². The smallest absolute Gasteiger partial charge is 0.230 e. The van der Waals surface area contributed by atoms with E-state index in [4.69, 9.17) is 0 Å². The first kappa shape index (κ1) is 16.5. The van der Waals surface area contributed by atoms with Gasteiger partial charge in [0.25, 0.3) is 0 Å². The van der Waals surface area contributed by atoms with E-state index in [0.29, 0.717) is 17.9 Å². The van der Waals surface area contributed by atoms with Crippen molar-refractivity contribution in [2.75, 3.05) is 11.9 Å². The lowest BCUT2D eigenvalue weighted by molar-refractivity contribution is -0.137. The molecule has 2 atom stereocenters. The van der Waals surface area contributed by atoms with Crippen molar-refractivity contribution < 1.29 is 4.79 Å². The average molecular weight is 352 g/mol. The van der Waals surface area contributed by atoms with E-state index >= 15 is 0 Å². The van der Waals surface area contributed by atoms with Crippen LogP contribution in [-0.2, 0) is 4.79 Å². The van der Waals surface area contributed by atoms with Crippen molar-refractivity contribution in [3.63, 3.8) is 0 Å². The van der Waals surface area contributed by atoms with Crippen LogP contribution in [0.5, 0.6) is 0 Å². The Labute approximate surface area is 137 Å². The Balaban J connectivity index is 2.24. The Morgan fingerprint density at radius 1 is 1.33 bits per heavy atom. The molecule has 1 aromatic rings. The Bertz CT molecular complexity index is 444. The molecule has 1 amide bonds. The van der Waals surface area contributed by atoms with E-state index in [1.165, 1.54) is 19.3 Å². The predicted octanol–water partition coefficient (Wildman–Crippen LogP) is 4.59. The molecule has 1 aliphatic carbocycles. The number of benzene rings is 1. The Hall–Kier alpha value is -0.830. The summed E-state index contributed by atoms with van der Waals surface area (Å²) < 4.78 is 0. The maximum atomic E-state index is 13.2. The van der Waals surface area contributed by atoms with E-state index in [0.717, 1.165) is 23.9 Å². The van der Waals surface area contributed by atoms with Gasteiger partial charge in [0.1, 0.15) is 0 Å². The summed E-state index contributed by atoms with van der Waals surface area (Å²) in [7, 11) is 0. The van der Waals surface area contributed by atoms with E-state index in [9.17, 15) is 4.79 Å². The van der Waals surface area contributed by atoms with Gasteiger partial charge in [-0.3, -0.25) is 4.79 Å². The molecule has 0 radical (unpaired) electrons. The molecule has 0 heterocycles. The van der Waals surface area contributed by atoms with Crippen molar-refractivity contribution in [2.24, 2.45) is 5.92 Å². The molecule has 21 heavy (non-hydrogen) atoms. The highest BCUT2D eigenvalue weighted by molar-refractivity contribution is 9.09. The molecule has 0 aliphatic heterocycles. The number of rotatable bonds is 7. The SMILES string of the molecule is CCC(C)C(C(=O)N(CCBr)C1CCC1)c1ccccc1. The van der Waals surface area contributed by atoms with Crippen LogP contribution in [-0.4, -0.2) is 28.7 Å². The fraction of sp³-hybridized carbons (Fsp3) is 0.611. The summed E-state index contributed by atoms with van der Waals surface area (Å²) in [4.78, 5) is 15.3. The van der Waals surface area contributed by atoms with Crippen molar-refractivity contribution in [2.45, 2.75) is 51.5 Å². The average Bonchev–Trinajstić information content (AvgIpc) is 2.46. The lowest BCUT2D eigenvalue weighted by atomic mass is 9.82. The van der Waals surface area contributed by atoms with Gasteiger partial charge in [0, 0.05) is 17.9 Å². The number of alkyl halides is 1. The standard InChI is InChI=1S/C18H26BrNO/c1-3-14(2)17(15-8-5-4-6-9-15)18(21)20(13-12-19)16-10-7-11-16/h4-6,8-9,14,16-17H,3,7,10-13H2,1-2H3. The summed E-state index contributed by atoms with van der Waals surface area (Å²) in [6.45, 7) is 5.19. The first-order valence-corrected chi connectivity index (χ1v) is 9.22. The first-order valence-electron chi connectivity index (χ1n) is 8.10. The minimum absolute atomic E-state index is 0.00384. The van der Waals surface area contributed by atoms with Crippen molar-refractivity contribution in [1.82, 2.24) is 4.90 Å². The van der Waals surface area contributed by atoms with E-state index in [1.807, 2.05) is 18.2 Å². The molecule has 1 fully saturated rings. The number of hydrogen-bond donors (Lipinski definition) is 0. The molecule has 1 aliphatic rings. The lowest BCUT2D eigenvalue weighted by Gasteiger charge is -2.40. The molecule has 0 N–H and O–H groups in total. The Kier molecular flexibility index (Phi) is 6.28. The van der Waals surface area contributed by atoms with E-state index in [1.54, 1.807) is 0 Å². The van der Waals surface area contributed by atoms with Crippen LogP contribution < -0.4 is 0 Å². The van der Waals surface area contributed by atoms with Crippen LogP contribution in [0.3, 0.4) is 0 Å². The Morgan fingerprint density at radius 2 is 2.00 bits per heavy atom. The molecule has 1 saturated carbocycles. The van der Waals surface area contributed by atoms with E-state index in [-0.39, 0.29) is 5.92 Å². The summed E-state index contributed by atoms with van der Waals surface area (Å²) in [6.07, 6.45) is 4.62. The topological polar surface area (TPSA) is 20.3 Å². The highest BCUT2D eigenvalue weighted by Crippen LogP contribution is 2.33. The van der Waals surface area contributed by atoms with Crippen LogP contribution in [0, 0.1) is 5.92 Å². The highest BCUT2D eigenvalue weighted by atomic mass is 79.9. The van der Waals surface area contributed by atoms with Gasteiger partial charge in [-0.2, -0.15) is 0 Å². The van der Waals surface area contributed by atoms with Crippen LogP contribution in [0.1, 0.15) is 51.0 Å². The third-order valence-corrected chi connectivity index (χ3v) is 5.12. The van der Waals surface area contributed by atoms with Crippen LogP contribution in [0.15, 0.2) is 30.3 Å². The second kappa shape index (κ2) is 7.98. The van der Waals surface area contributed by atoms with Gasteiger partial charge in [0.2, 0.25) is 5.91 Å². The molecule has 0 aromatic heterocycles. The fourth-order valence-electron chi connectivity index (χ4n) is 3.05. The zero-order chi connectivity index (χ0) is 15.2. The molecule has 0 spiro atoms. The first-order chi connectivity index (χ1) is 10.2. The zero-order valence-electron chi connectivity index (χ0n) is 13.1. The molecule has 2 nitrogen and oxygen atoms in total. The summed E-state index contributed by atoms with van der Waals surface area (Å²) in [6, 6.07) is 10.8. The van der Waals surface area contributed by atoms with Crippen molar-refractivity contribution in [3.05, 3.63) is 35.9 Å². The summed E-state index contributed by atoms with van der Waals surface area (Å²) in [5, 5.41) is 0.858. The van der Waals surface area contributed by atoms with E-state index in [2.05, 4.69) is 46.8 Å². The van der Waals surface area contributed by atoms with Gasteiger partial charge in [-0.25, -0.2) is 0 Å². The van der Waals surface area contributed by atoms with Crippen LogP contribution >= 0.6 is 15.9 Å². The molecule has 116 valence electrons. The van der Waals surface area contributed by atoms with Gasteiger partial charge in [0.05, 0.1) is 5.92 Å². The maximum Gasteiger partial charge on any atom is 0.230 e. The van der Waals surface area contributed by atoms with Crippen LogP contribution in [0.4, 0.5) is 0 Å². The largest absolute Gasteiger partial charge is 0.338 e. The maximum absolute atomic E-state index is 13.2. The van der Waals surface area contributed by atoms with Gasteiger partial charge >= 0.3 is 0 Å². The number of carbonyl (C=O) groups is 1. The number of hydrogen-bond acceptors (Lipinski definition) is 1.